The Labute approximate surface area is 223 Å². The summed E-state index contributed by atoms with van der Waals surface area (Å²) in [5.74, 6) is 0. The van der Waals surface area contributed by atoms with E-state index >= 15 is 0 Å². The van der Waals surface area contributed by atoms with E-state index in [1.807, 2.05) is 19.3 Å². The van der Waals surface area contributed by atoms with E-state index < -0.39 is 40.4 Å². The molecule has 0 fully saturated rings. The van der Waals surface area contributed by atoms with Gasteiger partial charge in [0, 0.05) is 0 Å². The Morgan fingerprint density at radius 2 is 1.00 bits per heavy atom. The van der Waals surface area contributed by atoms with Crippen molar-refractivity contribution in [2.75, 3.05) is 0 Å². The Morgan fingerprint density at radius 1 is 0.647 bits per heavy atom. The molecule has 0 aromatic carbocycles. The summed E-state index contributed by atoms with van der Waals surface area (Å²) in [6, 6.07) is 0. The van der Waals surface area contributed by atoms with Gasteiger partial charge in [0.2, 0.25) is 0 Å². The summed E-state index contributed by atoms with van der Waals surface area (Å²) in [7, 11) is 0. The molecule has 0 saturated carbocycles. The molecule has 0 rings (SSSR count). The maximum absolute atomic E-state index is 13.4. The number of unbranched alkanes of at least 4 members (excludes halogenated alkanes) is 6. The molecular weight excluding hydrogens is 630 g/mol. The number of ether oxygens (including phenoxy) is 1. The minimum absolute atomic E-state index is 0.550. The molecule has 0 aliphatic carbocycles. The second-order valence-electron chi connectivity index (χ2n) is 11.1. The SMILES string of the molecule is CC=CO[C]([C]=O)([CH2][Sn]([CH2]CCC)([CH2]CCC)[CH2]CCC)[Sn]([CH2]CCC)([CH2]CCC)[CH2]CCC. The number of hydrogen-bond donors (Lipinski definition) is 0. The van der Waals surface area contributed by atoms with Crippen LogP contribution in [-0.2, 0) is 9.53 Å². The molecule has 0 aliphatic rings. The molecule has 0 aromatic rings. The van der Waals surface area contributed by atoms with Crippen molar-refractivity contribution in [3.63, 3.8) is 0 Å². The van der Waals surface area contributed by atoms with Crippen molar-refractivity contribution < 1.29 is 9.53 Å². The molecule has 0 heterocycles. The van der Waals surface area contributed by atoms with Crippen LogP contribution >= 0.6 is 0 Å². The van der Waals surface area contributed by atoms with Gasteiger partial charge in [-0.2, -0.15) is 0 Å². The van der Waals surface area contributed by atoms with Crippen molar-refractivity contribution in [2.45, 2.75) is 160 Å². The topological polar surface area (TPSA) is 26.3 Å². The summed E-state index contributed by atoms with van der Waals surface area (Å²) in [6.07, 6.45) is 22.1. The standard InChI is InChI=1S/C6H7O2.6C4H9.2Sn/c1-3-4-8-6(2)5-7;6*1-3-4-2;;/h3-4H,2H2,1H3;6*1,3-4H2,2H3;;. The van der Waals surface area contributed by atoms with E-state index in [9.17, 15) is 4.79 Å². The Kier molecular flexibility index (Phi) is 21.3. The minimum atomic E-state index is -3.05. The maximum atomic E-state index is 13.4. The van der Waals surface area contributed by atoms with Crippen LogP contribution < -0.4 is 0 Å². The van der Waals surface area contributed by atoms with Crippen LogP contribution in [0.5, 0.6) is 0 Å². The van der Waals surface area contributed by atoms with Crippen molar-refractivity contribution in [3.8, 4) is 0 Å². The molecule has 0 saturated heterocycles. The van der Waals surface area contributed by atoms with Gasteiger partial charge in [0.25, 0.3) is 0 Å². The summed E-state index contributed by atoms with van der Waals surface area (Å²) >= 11 is -5.68. The predicted molar refractivity (Wildman–Crippen MR) is 159 cm³/mol. The normalized spacial score (nSPS) is 14.4. The van der Waals surface area contributed by atoms with Gasteiger partial charge in [-0.15, -0.1) is 0 Å². The van der Waals surface area contributed by atoms with E-state index in [4.69, 9.17) is 4.74 Å². The number of rotatable bonds is 24. The van der Waals surface area contributed by atoms with E-state index in [-0.39, 0.29) is 0 Å². The van der Waals surface area contributed by atoms with Gasteiger partial charge in [0.05, 0.1) is 0 Å². The zero-order chi connectivity index (χ0) is 25.8. The van der Waals surface area contributed by atoms with Crippen molar-refractivity contribution in [3.05, 3.63) is 12.3 Å². The Balaban J connectivity index is 6.80. The quantitative estimate of drug-likeness (QED) is 0.0744. The van der Waals surface area contributed by atoms with Gasteiger partial charge in [0.1, 0.15) is 0 Å². The fourth-order valence-corrected chi connectivity index (χ4v) is 54.0. The predicted octanol–water partition coefficient (Wildman–Crippen LogP) is 10.6. The van der Waals surface area contributed by atoms with Gasteiger partial charge < -0.3 is 0 Å². The Bertz CT molecular complexity index is 476. The molecule has 201 valence electrons. The molecule has 0 amide bonds. The molecule has 1 radical (unpaired) electrons. The van der Waals surface area contributed by atoms with E-state index in [0.29, 0.717) is 0 Å². The van der Waals surface area contributed by atoms with Crippen LogP contribution in [0, 0.1) is 0 Å². The monoisotopic (exact) mass is 693 g/mol. The number of carbonyl (C=O) groups excluding carboxylic acids is 1. The van der Waals surface area contributed by atoms with Crippen LogP contribution in [0.3, 0.4) is 0 Å². The fourth-order valence-electron chi connectivity index (χ4n) is 6.06. The third kappa shape index (κ3) is 11.5. The van der Waals surface area contributed by atoms with Crippen LogP contribution in [-0.4, -0.2) is 46.7 Å². The third-order valence-electron chi connectivity index (χ3n) is 8.26. The first-order chi connectivity index (χ1) is 16.4. The Hall–Kier alpha value is 0.807. The van der Waals surface area contributed by atoms with Crippen molar-refractivity contribution in [1.29, 1.82) is 0 Å². The van der Waals surface area contributed by atoms with Crippen LogP contribution in [0.1, 0.15) is 126 Å². The summed E-state index contributed by atoms with van der Waals surface area (Å²) < 4.78 is 15.7. The number of allylic oxidation sites excluding steroid dienone is 1. The molecule has 0 bridgehead atoms. The number of hydrogen-bond acceptors (Lipinski definition) is 2. The van der Waals surface area contributed by atoms with Crippen LogP contribution in [0.25, 0.3) is 0 Å². The van der Waals surface area contributed by atoms with Crippen molar-refractivity contribution >= 4 is 43.0 Å². The molecule has 0 N–H and O–H groups in total. The third-order valence-corrected chi connectivity index (χ3v) is 44.1. The molecule has 1 unspecified atom stereocenters. The molecule has 1 atom stereocenters. The molecule has 0 spiro atoms. The average Bonchev–Trinajstić information content (AvgIpc) is 2.87. The van der Waals surface area contributed by atoms with Crippen molar-refractivity contribution in [1.82, 2.24) is 0 Å². The van der Waals surface area contributed by atoms with Crippen molar-refractivity contribution in [2.24, 2.45) is 0 Å². The van der Waals surface area contributed by atoms with Crippen LogP contribution in [0.4, 0.5) is 0 Å². The fraction of sp³-hybridized carbons (Fsp3) is 0.900. The van der Waals surface area contributed by atoms with Gasteiger partial charge in [-0.3, -0.25) is 0 Å². The summed E-state index contributed by atoms with van der Waals surface area (Å²) in [4.78, 5) is 13.4. The van der Waals surface area contributed by atoms with E-state index in [2.05, 4.69) is 47.8 Å². The summed E-state index contributed by atoms with van der Waals surface area (Å²) in [5.41, 5.74) is 0. The molecule has 34 heavy (non-hydrogen) atoms. The van der Waals surface area contributed by atoms with Gasteiger partial charge >= 0.3 is 225 Å². The Morgan fingerprint density at radius 3 is 1.29 bits per heavy atom. The van der Waals surface area contributed by atoms with Gasteiger partial charge in [-0.1, -0.05) is 0 Å². The average molecular weight is 691 g/mol. The first-order valence-corrected chi connectivity index (χ1v) is 30.7. The second kappa shape index (κ2) is 20.8. The summed E-state index contributed by atoms with van der Waals surface area (Å²) in [6.45, 7) is 16.0. The van der Waals surface area contributed by atoms with Gasteiger partial charge in [-0.05, 0) is 0 Å². The molecule has 2 nitrogen and oxygen atoms in total. The van der Waals surface area contributed by atoms with Gasteiger partial charge in [0.15, 0.2) is 0 Å². The zero-order valence-electron chi connectivity index (χ0n) is 24.4. The van der Waals surface area contributed by atoms with E-state index in [0.717, 1.165) is 4.44 Å². The molecule has 4 heteroatoms. The van der Waals surface area contributed by atoms with Gasteiger partial charge in [-0.25, -0.2) is 0 Å². The molecule has 0 aromatic heterocycles. The first-order valence-electron chi connectivity index (χ1n) is 15.1. The van der Waals surface area contributed by atoms with Crippen LogP contribution in [0.2, 0.25) is 31.1 Å². The second-order valence-corrected chi connectivity index (χ2v) is 38.8. The zero-order valence-corrected chi connectivity index (χ0v) is 30.1. The molecule has 0 aliphatic heterocycles. The first kappa shape index (κ1) is 34.8. The molecular formula is C30H61O2Sn2. The van der Waals surface area contributed by atoms with E-state index in [1.165, 1.54) is 104 Å². The summed E-state index contributed by atoms with van der Waals surface area (Å²) in [5, 5.41) is 0. The van der Waals surface area contributed by atoms with E-state index in [1.54, 1.807) is 0 Å². The van der Waals surface area contributed by atoms with Crippen LogP contribution in [0.15, 0.2) is 12.3 Å².